The number of halogens is 3. The number of hydrogen-bond donors (Lipinski definition) is 0. The van der Waals surface area contributed by atoms with Crippen LogP contribution >= 0.6 is 0 Å². The Labute approximate surface area is 156 Å². The molecule has 6 nitrogen and oxygen atoms in total. The van der Waals surface area contributed by atoms with Gasteiger partial charge in [-0.3, -0.25) is 9.69 Å². The summed E-state index contributed by atoms with van der Waals surface area (Å²) in [5.74, 6) is -0.664. The molecular weight excluding hydrogens is 387 g/mol. The molecule has 0 radical (unpaired) electrons. The highest BCUT2D eigenvalue weighted by atomic mass is 32.2. The third-order valence-electron chi connectivity index (χ3n) is 3.81. The minimum atomic E-state index is -5.68. The molecule has 1 aliphatic rings. The van der Waals surface area contributed by atoms with Gasteiger partial charge in [-0.1, -0.05) is 6.07 Å². The summed E-state index contributed by atoms with van der Waals surface area (Å²) in [5.41, 5.74) is -4.44. The molecule has 0 aromatic heterocycles. The van der Waals surface area contributed by atoms with Crippen molar-refractivity contribution < 1.29 is 35.3 Å². The molecule has 0 saturated heterocycles. The van der Waals surface area contributed by atoms with Crippen molar-refractivity contribution in [3.63, 3.8) is 0 Å². The Morgan fingerprint density at radius 2 is 1.85 bits per heavy atom. The van der Waals surface area contributed by atoms with Crippen LogP contribution in [0.5, 0.6) is 5.75 Å². The third-order valence-corrected chi connectivity index (χ3v) is 4.79. The second-order valence-electron chi connectivity index (χ2n) is 7.28. The molecule has 0 unspecified atom stereocenters. The minimum Gasteiger partial charge on any atom is -0.460 e. The number of fused-ring (bicyclic) bond motifs is 1. The van der Waals surface area contributed by atoms with Gasteiger partial charge in [-0.25, -0.2) is 0 Å². The first-order valence-electron chi connectivity index (χ1n) is 8.33. The van der Waals surface area contributed by atoms with Gasteiger partial charge in [-0.05, 0) is 50.5 Å². The fourth-order valence-electron chi connectivity index (χ4n) is 2.65. The maximum atomic E-state index is 12.4. The highest BCUT2D eigenvalue weighted by molar-refractivity contribution is 7.88. The highest BCUT2D eigenvalue weighted by Gasteiger charge is 2.48. The van der Waals surface area contributed by atoms with E-state index in [1.807, 2.05) is 4.90 Å². The molecule has 0 amide bonds. The van der Waals surface area contributed by atoms with Crippen molar-refractivity contribution in [2.24, 2.45) is 0 Å². The molecule has 1 aromatic carbocycles. The summed E-state index contributed by atoms with van der Waals surface area (Å²) in [6.45, 7) is 6.97. The lowest BCUT2D eigenvalue weighted by molar-refractivity contribution is -0.155. The van der Waals surface area contributed by atoms with E-state index in [2.05, 4.69) is 4.18 Å². The largest absolute Gasteiger partial charge is 0.534 e. The molecule has 1 aromatic rings. The molecule has 0 spiro atoms. The fraction of sp³-hybridized carbons (Fsp3) is 0.588. The number of ether oxygens (including phenoxy) is 1. The van der Waals surface area contributed by atoms with Crippen LogP contribution in [0.25, 0.3) is 0 Å². The maximum absolute atomic E-state index is 12.4. The Bertz CT molecular complexity index is 800. The van der Waals surface area contributed by atoms with Crippen LogP contribution in [-0.2, 0) is 32.6 Å². The second-order valence-corrected chi connectivity index (χ2v) is 8.81. The zero-order valence-electron chi connectivity index (χ0n) is 15.3. The van der Waals surface area contributed by atoms with Crippen LogP contribution in [0, 0.1) is 0 Å². The second kappa shape index (κ2) is 7.67. The van der Waals surface area contributed by atoms with E-state index in [4.69, 9.17) is 4.74 Å². The predicted octanol–water partition coefficient (Wildman–Crippen LogP) is 3.00. The zero-order valence-corrected chi connectivity index (χ0v) is 16.1. The van der Waals surface area contributed by atoms with Crippen LogP contribution in [0.15, 0.2) is 18.2 Å². The molecule has 27 heavy (non-hydrogen) atoms. The molecule has 1 heterocycles. The first-order valence-corrected chi connectivity index (χ1v) is 9.74. The van der Waals surface area contributed by atoms with E-state index in [1.165, 1.54) is 18.2 Å². The van der Waals surface area contributed by atoms with Crippen LogP contribution < -0.4 is 4.18 Å². The van der Waals surface area contributed by atoms with Crippen molar-refractivity contribution in [3.8, 4) is 5.75 Å². The normalized spacial score (nSPS) is 15.9. The highest BCUT2D eigenvalue weighted by Crippen LogP contribution is 2.29. The fourth-order valence-corrected chi connectivity index (χ4v) is 3.10. The number of rotatable bonds is 5. The summed E-state index contributed by atoms with van der Waals surface area (Å²) < 4.78 is 68.8. The molecule has 0 bridgehead atoms. The number of alkyl halides is 3. The number of esters is 1. The molecule has 0 fully saturated rings. The van der Waals surface area contributed by atoms with E-state index < -0.39 is 21.2 Å². The minimum absolute atomic E-state index is 0.234. The standard InChI is InChI=1S/C17H22F3NO5S/c1-16(2,3)25-15(22)7-9-21-8-6-12-10-14(5-4-13(12)11-21)26-27(23,24)17(18,19)20/h4-5,10H,6-9,11H2,1-3H3. The van der Waals surface area contributed by atoms with Crippen molar-refractivity contribution in [3.05, 3.63) is 29.3 Å². The van der Waals surface area contributed by atoms with E-state index in [0.29, 0.717) is 26.1 Å². The van der Waals surface area contributed by atoms with E-state index in [9.17, 15) is 26.4 Å². The topological polar surface area (TPSA) is 72.9 Å². The molecular formula is C17H22F3NO5S. The Kier molecular flexibility index (Phi) is 6.10. The van der Waals surface area contributed by atoms with E-state index in [0.717, 1.165) is 11.1 Å². The lowest BCUT2D eigenvalue weighted by atomic mass is 9.99. The third kappa shape index (κ3) is 6.10. The monoisotopic (exact) mass is 409 g/mol. The molecule has 0 aliphatic carbocycles. The Morgan fingerprint density at radius 1 is 1.19 bits per heavy atom. The van der Waals surface area contributed by atoms with Crippen LogP contribution in [-0.4, -0.2) is 43.5 Å². The lowest BCUT2D eigenvalue weighted by Gasteiger charge is -2.29. The van der Waals surface area contributed by atoms with Gasteiger partial charge in [0.15, 0.2) is 0 Å². The van der Waals surface area contributed by atoms with Crippen LogP contribution in [0.2, 0.25) is 0 Å². The van der Waals surface area contributed by atoms with Gasteiger partial charge in [0.2, 0.25) is 0 Å². The molecule has 0 atom stereocenters. The van der Waals surface area contributed by atoms with Gasteiger partial charge >= 0.3 is 21.6 Å². The van der Waals surface area contributed by atoms with Gasteiger partial charge in [0.05, 0.1) is 6.42 Å². The Balaban J connectivity index is 1.97. The summed E-state index contributed by atoms with van der Waals surface area (Å²) in [4.78, 5) is 13.8. The number of hydrogen-bond acceptors (Lipinski definition) is 6. The van der Waals surface area contributed by atoms with Crippen LogP contribution in [0.3, 0.4) is 0 Å². The van der Waals surface area contributed by atoms with Crippen LogP contribution in [0.4, 0.5) is 13.2 Å². The van der Waals surface area contributed by atoms with Crippen molar-refractivity contribution >= 4 is 16.1 Å². The Hall–Kier alpha value is -1.81. The van der Waals surface area contributed by atoms with Gasteiger partial charge in [-0.2, -0.15) is 21.6 Å². The van der Waals surface area contributed by atoms with Crippen molar-refractivity contribution in [1.82, 2.24) is 4.90 Å². The zero-order chi connectivity index (χ0) is 20.5. The van der Waals surface area contributed by atoms with Gasteiger partial charge in [0.25, 0.3) is 0 Å². The van der Waals surface area contributed by atoms with Gasteiger partial charge in [0.1, 0.15) is 11.4 Å². The van der Waals surface area contributed by atoms with E-state index in [1.54, 1.807) is 20.8 Å². The van der Waals surface area contributed by atoms with Crippen molar-refractivity contribution in [1.29, 1.82) is 0 Å². The number of nitrogens with zero attached hydrogens (tertiary/aromatic N) is 1. The predicted molar refractivity (Wildman–Crippen MR) is 91.5 cm³/mol. The summed E-state index contributed by atoms with van der Waals surface area (Å²) in [7, 11) is -5.68. The Morgan fingerprint density at radius 3 is 2.44 bits per heavy atom. The van der Waals surface area contributed by atoms with Gasteiger partial charge < -0.3 is 8.92 Å². The first kappa shape index (κ1) is 21.5. The lowest BCUT2D eigenvalue weighted by Crippen LogP contribution is -2.34. The van der Waals surface area contributed by atoms with Crippen LogP contribution in [0.1, 0.15) is 38.3 Å². The molecule has 1 aliphatic heterocycles. The maximum Gasteiger partial charge on any atom is 0.534 e. The molecule has 152 valence electrons. The summed E-state index contributed by atoms with van der Waals surface area (Å²) >= 11 is 0. The van der Waals surface area contributed by atoms with Crippen molar-refractivity contribution in [2.75, 3.05) is 13.1 Å². The van der Waals surface area contributed by atoms with Gasteiger partial charge in [-0.15, -0.1) is 0 Å². The average Bonchev–Trinajstić information content (AvgIpc) is 2.49. The number of carbonyl (C=O) groups excluding carboxylic acids is 1. The van der Waals surface area contributed by atoms with E-state index in [-0.39, 0.29) is 18.1 Å². The van der Waals surface area contributed by atoms with E-state index >= 15 is 0 Å². The molecule has 0 saturated carbocycles. The summed E-state index contributed by atoms with van der Waals surface area (Å²) in [6, 6.07) is 4.04. The average molecular weight is 409 g/mol. The molecule has 0 N–H and O–H groups in total. The number of benzene rings is 1. The van der Waals surface area contributed by atoms with Crippen molar-refractivity contribution in [2.45, 2.75) is 51.3 Å². The number of carbonyl (C=O) groups is 1. The summed E-state index contributed by atoms with van der Waals surface area (Å²) in [6.07, 6.45) is 0.741. The molecule has 2 rings (SSSR count). The summed E-state index contributed by atoms with van der Waals surface area (Å²) in [5, 5.41) is 0. The quantitative estimate of drug-likeness (QED) is 0.423. The van der Waals surface area contributed by atoms with Gasteiger partial charge in [0, 0.05) is 19.6 Å². The SMILES string of the molecule is CC(C)(C)OC(=O)CCN1CCc2cc(OS(=O)(=O)C(F)(F)F)ccc2C1. The molecule has 10 heteroatoms. The first-order chi connectivity index (χ1) is 12.3. The smallest absolute Gasteiger partial charge is 0.460 e.